The van der Waals surface area contributed by atoms with Gasteiger partial charge in [0.05, 0.1) is 12.7 Å². The number of hydrogen-bond acceptors (Lipinski definition) is 2. The Hall–Kier alpha value is -0.630. The Morgan fingerprint density at radius 1 is 1.21 bits per heavy atom. The number of carbonyl (C=O) groups is 1. The monoisotopic (exact) mass is 198 g/mol. The van der Waals surface area contributed by atoms with E-state index in [1.54, 1.807) is 0 Å². The lowest BCUT2D eigenvalue weighted by molar-refractivity contribution is -0.110. The number of ether oxygens (including phenoxy) is 1. The van der Waals surface area contributed by atoms with Gasteiger partial charge in [0.2, 0.25) is 0 Å². The molecule has 0 fully saturated rings. The number of unbranched alkanes of at least 4 members (excludes halogenated alkanes) is 1. The van der Waals surface area contributed by atoms with E-state index in [1.807, 2.05) is 6.08 Å². The molecule has 0 aromatic heterocycles. The maximum atomic E-state index is 10.3. The number of hydrogen-bond donors (Lipinski definition) is 0. The maximum Gasteiger partial charge on any atom is 0.122 e. The highest BCUT2D eigenvalue weighted by molar-refractivity contribution is 5.50. The number of aldehydes is 1. The van der Waals surface area contributed by atoms with Crippen LogP contribution in [-0.2, 0) is 9.53 Å². The van der Waals surface area contributed by atoms with Gasteiger partial charge in [-0.15, -0.1) is 0 Å². The quantitative estimate of drug-likeness (QED) is 0.420. The summed E-state index contributed by atoms with van der Waals surface area (Å²) in [5.74, 6) is 0. The molecule has 0 saturated carbocycles. The molecule has 0 bridgehead atoms. The molecule has 0 aromatic rings. The van der Waals surface area contributed by atoms with Gasteiger partial charge in [-0.1, -0.05) is 38.8 Å². The smallest absolute Gasteiger partial charge is 0.122 e. The first-order chi connectivity index (χ1) is 6.85. The lowest BCUT2D eigenvalue weighted by atomic mass is 10.1. The van der Waals surface area contributed by atoms with Crippen LogP contribution in [0.15, 0.2) is 12.2 Å². The van der Waals surface area contributed by atoms with Crippen LogP contribution in [0, 0.1) is 0 Å². The summed E-state index contributed by atoms with van der Waals surface area (Å²) in [6.45, 7) is 4.89. The van der Waals surface area contributed by atoms with Gasteiger partial charge in [0, 0.05) is 6.42 Å². The second-order valence-corrected chi connectivity index (χ2v) is 3.41. The molecule has 0 rings (SSSR count). The molecule has 1 atom stereocenters. The van der Waals surface area contributed by atoms with Crippen molar-refractivity contribution in [2.45, 2.75) is 52.1 Å². The van der Waals surface area contributed by atoms with Gasteiger partial charge in [0.1, 0.15) is 6.29 Å². The van der Waals surface area contributed by atoms with Crippen LogP contribution in [-0.4, -0.2) is 19.0 Å². The average Bonchev–Trinajstić information content (AvgIpc) is 2.18. The van der Waals surface area contributed by atoms with E-state index in [9.17, 15) is 4.79 Å². The highest BCUT2D eigenvalue weighted by atomic mass is 16.5. The van der Waals surface area contributed by atoms with Gasteiger partial charge in [0.15, 0.2) is 0 Å². The van der Waals surface area contributed by atoms with Crippen LogP contribution < -0.4 is 0 Å². The zero-order valence-corrected chi connectivity index (χ0v) is 9.37. The Morgan fingerprint density at radius 3 is 2.57 bits per heavy atom. The molecule has 0 aliphatic heterocycles. The van der Waals surface area contributed by atoms with E-state index >= 15 is 0 Å². The molecule has 1 unspecified atom stereocenters. The minimum absolute atomic E-state index is 0.115. The van der Waals surface area contributed by atoms with Crippen molar-refractivity contribution in [1.82, 2.24) is 0 Å². The van der Waals surface area contributed by atoms with Crippen LogP contribution >= 0.6 is 0 Å². The summed E-state index contributed by atoms with van der Waals surface area (Å²) < 4.78 is 5.55. The van der Waals surface area contributed by atoms with Crippen LogP contribution in [0.1, 0.15) is 46.0 Å². The van der Waals surface area contributed by atoms with Crippen molar-refractivity contribution >= 4 is 6.29 Å². The third-order valence-corrected chi connectivity index (χ3v) is 2.02. The Balaban J connectivity index is 3.53. The highest BCUT2D eigenvalue weighted by Gasteiger charge is 2.05. The Morgan fingerprint density at radius 2 is 2.00 bits per heavy atom. The standard InChI is InChI=1S/C12H22O2/c1-3-5-6-7-11-14-12(8-4-2)9-10-13/h6-7,10,12H,3-5,8-9,11H2,1-2H3/b7-6+. The maximum absolute atomic E-state index is 10.3. The van der Waals surface area contributed by atoms with Gasteiger partial charge >= 0.3 is 0 Å². The van der Waals surface area contributed by atoms with Gasteiger partial charge in [-0.3, -0.25) is 0 Å². The van der Waals surface area contributed by atoms with Crippen molar-refractivity contribution in [2.24, 2.45) is 0 Å². The highest BCUT2D eigenvalue weighted by Crippen LogP contribution is 2.05. The second-order valence-electron chi connectivity index (χ2n) is 3.41. The Labute approximate surface area is 87.3 Å². The fraction of sp³-hybridized carbons (Fsp3) is 0.750. The first kappa shape index (κ1) is 13.4. The minimum atomic E-state index is 0.115. The molecule has 2 nitrogen and oxygen atoms in total. The molecule has 0 radical (unpaired) electrons. The normalized spacial score (nSPS) is 13.3. The molecule has 0 heterocycles. The van der Waals surface area contributed by atoms with Crippen LogP contribution in [0.4, 0.5) is 0 Å². The van der Waals surface area contributed by atoms with E-state index in [-0.39, 0.29) is 6.10 Å². The van der Waals surface area contributed by atoms with Crippen molar-refractivity contribution in [2.75, 3.05) is 6.61 Å². The van der Waals surface area contributed by atoms with Crippen molar-refractivity contribution in [3.05, 3.63) is 12.2 Å². The molecule has 0 saturated heterocycles. The lowest BCUT2D eigenvalue weighted by Gasteiger charge is -2.12. The molecule has 0 N–H and O–H groups in total. The third kappa shape index (κ3) is 7.99. The summed E-state index contributed by atoms with van der Waals surface area (Å²) in [5, 5.41) is 0. The molecule has 14 heavy (non-hydrogen) atoms. The molecule has 0 amide bonds. The molecule has 0 aliphatic rings. The predicted molar refractivity (Wildman–Crippen MR) is 59.4 cm³/mol. The van der Waals surface area contributed by atoms with E-state index in [0.29, 0.717) is 13.0 Å². The van der Waals surface area contributed by atoms with Gasteiger partial charge in [-0.05, 0) is 12.8 Å². The van der Waals surface area contributed by atoms with Crippen LogP contribution in [0.5, 0.6) is 0 Å². The summed E-state index contributed by atoms with van der Waals surface area (Å²) >= 11 is 0. The van der Waals surface area contributed by atoms with Crippen molar-refractivity contribution in [3.8, 4) is 0 Å². The first-order valence-electron chi connectivity index (χ1n) is 5.55. The summed E-state index contributed by atoms with van der Waals surface area (Å²) in [6, 6.07) is 0. The topological polar surface area (TPSA) is 26.3 Å². The van der Waals surface area contributed by atoms with Gasteiger partial charge < -0.3 is 9.53 Å². The average molecular weight is 198 g/mol. The second kappa shape index (κ2) is 10.5. The van der Waals surface area contributed by atoms with E-state index in [4.69, 9.17) is 4.74 Å². The third-order valence-electron chi connectivity index (χ3n) is 2.02. The van der Waals surface area contributed by atoms with Gasteiger partial charge in [-0.25, -0.2) is 0 Å². The SMILES string of the molecule is CCC/C=C/COC(CC=O)CCC. The Bertz CT molecular complexity index is 152. The van der Waals surface area contributed by atoms with Crippen molar-refractivity contribution in [1.29, 1.82) is 0 Å². The van der Waals surface area contributed by atoms with E-state index in [1.165, 1.54) is 6.42 Å². The Kier molecular flexibility index (Phi) is 9.98. The summed E-state index contributed by atoms with van der Waals surface area (Å²) in [7, 11) is 0. The zero-order valence-electron chi connectivity index (χ0n) is 9.37. The molecule has 0 spiro atoms. The van der Waals surface area contributed by atoms with Crippen LogP contribution in [0.25, 0.3) is 0 Å². The molecule has 0 aromatic carbocycles. The number of carbonyl (C=O) groups excluding carboxylic acids is 1. The lowest BCUT2D eigenvalue weighted by Crippen LogP contribution is -2.13. The minimum Gasteiger partial charge on any atom is -0.374 e. The number of rotatable bonds is 9. The predicted octanol–water partition coefficient (Wildman–Crippen LogP) is 3.12. The summed E-state index contributed by atoms with van der Waals surface area (Å²) in [6.07, 6.45) is 10.1. The van der Waals surface area contributed by atoms with Crippen LogP contribution in [0.2, 0.25) is 0 Å². The fourth-order valence-corrected chi connectivity index (χ4v) is 1.24. The largest absolute Gasteiger partial charge is 0.374 e. The summed E-state index contributed by atoms with van der Waals surface area (Å²) in [5.41, 5.74) is 0. The molecular formula is C12H22O2. The first-order valence-corrected chi connectivity index (χ1v) is 5.55. The van der Waals surface area contributed by atoms with E-state index < -0.39 is 0 Å². The van der Waals surface area contributed by atoms with Gasteiger partial charge in [-0.2, -0.15) is 0 Å². The van der Waals surface area contributed by atoms with Crippen molar-refractivity contribution in [3.63, 3.8) is 0 Å². The van der Waals surface area contributed by atoms with Crippen LogP contribution in [0.3, 0.4) is 0 Å². The van der Waals surface area contributed by atoms with E-state index in [2.05, 4.69) is 19.9 Å². The van der Waals surface area contributed by atoms with E-state index in [0.717, 1.165) is 25.5 Å². The molecular weight excluding hydrogens is 176 g/mol. The molecule has 0 aliphatic carbocycles. The number of allylic oxidation sites excluding steroid dienone is 1. The molecule has 2 heteroatoms. The fourth-order valence-electron chi connectivity index (χ4n) is 1.24. The summed E-state index contributed by atoms with van der Waals surface area (Å²) in [4.78, 5) is 10.3. The zero-order chi connectivity index (χ0) is 10.6. The molecule has 82 valence electrons. The van der Waals surface area contributed by atoms with Gasteiger partial charge in [0.25, 0.3) is 0 Å². The van der Waals surface area contributed by atoms with Crippen molar-refractivity contribution < 1.29 is 9.53 Å².